The van der Waals surface area contributed by atoms with Gasteiger partial charge in [0.25, 0.3) is 0 Å². The zero-order valence-electron chi connectivity index (χ0n) is 7.64. The third-order valence-electron chi connectivity index (χ3n) is 2.10. The van der Waals surface area contributed by atoms with Gasteiger partial charge in [-0.1, -0.05) is 0 Å². The average molecular weight is 193 g/mol. The van der Waals surface area contributed by atoms with Crippen LogP contribution in [-0.2, 0) is 9.53 Å². The summed E-state index contributed by atoms with van der Waals surface area (Å²) < 4.78 is 5.39. The SMILES string of the molecule is Nc1ccnc(C2CC(=O)CCO2)n1. The molecular formula is C9H11N3O2. The van der Waals surface area contributed by atoms with Crippen molar-refractivity contribution in [3.63, 3.8) is 0 Å². The molecule has 0 bridgehead atoms. The number of carbonyl (C=O) groups excluding carboxylic acids is 1. The summed E-state index contributed by atoms with van der Waals surface area (Å²) in [5, 5.41) is 0. The summed E-state index contributed by atoms with van der Waals surface area (Å²) in [6.45, 7) is 0.446. The third-order valence-corrected chi connectivity index (χ3v) is 2.10. The van der Waals surface area contributed by atoms with Crippen molar-refractivity contribution in [1.29, 1.82) is 0 Å². The fraction of sp³-hybridized carbons (Fsp3) is 0.444. The molecule has 1 fully saturated rings. The topological polar surface area (TPSA) is 78.1 Å². The van der Waals surface area contributed by atoms with Crippen molar-refractivity contribution in [2.24, 2.45) is 0 Å². The highest BCUT2D eigenvalue weighted by Gasteiger charge is 2.23. The minimum absolute atomic E-state index is 0.187. The number of nitrogens with zero attached hydrogens (tertiary/aromatic N) is 2. The maximum absolute atomic E-state index is 11.2. The van der Waals surface area contributed by atoms with Crippen LogP contribution >= 0.6 is 0 Å². The molecule has 1 unspecified atom stereocenters. The van der Waals surface area contributed by atoms with Crippen molar-refractivity contribution in [2.45, 2.75) is 18.9 Å². The second-order valence-electron chi connectivity index (χ2n) is 3.19. The Hall–Kier alpha value is -1.49. The Morgan fingerprint density at radius 3 is 3.14 bits per heavy atom. The summed E-state index contributed by atoms with van der Waals surface area (Å²) in [6.07, 6.45) is 2.09. The number of Topliss-reactive ketones (excluding diaryl/α,β-unsaturated/α-hetero) is 1. The zero-order chi connectivity index (χ0) is 9.97. The highest BCUT2D eigenvalue weighted by molar-refractivity contribution is 5.79. The van der Waals surface area contributed by atoms with Gasteiger partial charge in [0, 0.05) is 19.0 Å². The van der Waals surface area contributed by atoms with Crippen LogP contribution in [0.3, 0.4) is 0 Å². The van der Waals surface area contributed by atoms with Crippen molar-refractivity contribution < 1.29 is 9.53 Å². The van der Waals surface area contributed by atoms with Gasteiger partial charge in [0.2, 0.25) is 0 Å². The van der Waals surface area contributed by atoms with Gasteiger partial charge in [-0.15, -0.1) is 0 Å². The van der Waals surface area contributed by atoms with E-state index in [0.717, 1.165) is 0 Å². The zero-order valence-corrected chi connectivity index (χ0v) is 7.64. The number of ketones is 1. The van der Waals surface area contributed by atoms with Gasteiger partial charge in [-0.2, -0.15) is 0 Å². The van der Waals surface area contributed by atoms with Crippen LogP contribution in [0.5, 0.6) is 0 Å². The Bertz CT molecular complexity index is 354. The molecule has 1 aromatic heterocycles. The predicted octanol–water partition coefficient (Wildman–Crippen LogP) is 0.479. The van der Waals surface area contributed by atoms with Crippen LogP contribution < -0.4 is 5.73 Å². The third kappa shape index (κ3) is 1.88. The van der Waals surface area contributed by atoms with E-state index in [4.69, 9.17) is 10.5 Å². The lowest BCUT2D eigenvalue weighted by molar-refractivity contribution is -0.129. The minimum Gasteiger partial charge on any atom is -0.384 e. The lowest BCUT2D eigenvalue weighted by Crippen LogP contribution is -2.21. The molecule has 1 aliphatic heterocycles. The van der Waals surface area contributed by atoms with E-state index in [2.05, 4.69) is 9.97 Å². The molecule has 1 saturated heterocycles. The molecule has 1 aliphatic rings. The van der Waals surface area contributed by atoms with Crippen molar-refractivity contribution in [3.05, 3.63) is 18.1 Å². The number of anilines is 1. The molecule has 0 amide bonds. The summed E-state index contributed by atoms with van der Waals surface area (Å²) in [6, 6.07) is 1.61. The Morgan fingerprint density at radius 2 is 2.43 bits per heavy atom. The molecule has 2 rings (SSSR count). The maximum Gasteiger partial charge on any atom is 0.159 e. The van der Waals surface area contributed by atoms with Gasteiger partial charge in [0.1, 0.15) is 17.7 Å². The lowest BCUT2D eigenvalue weighted by atomic mass is 10.1. The van der Waals surface area contributed by atoms with Crippen LogP contribution in [0, 0.1) is 0 Å². The lowest BCUT2D eigenvalue weighted by Gasteiger charge is -2.20. The van der Waals surface area contributed by atoms with E-state index in [-0.39, 0.29) is 11.9 Å². The molecular weight excluding hydrogens is 182 g/mol. The quantitative estimate of drug-likeness (QED) is 0.701. The van der Waals surface area contributed by atoms with Crippen LogP contribution in [0.1, 0.15) is 24.8 Å². The molecule has 0 radical (unpaired) electrons. The van der Waals surface area contributed by atoms with E-state index in [0.29, 0.717) is 31.1 Å². The largest absolute Gasteiger partial charge is 0.384 e. The van der Waals surface area contributed by atoms with Gasteiger partial charge in [-0.3, -0.25) is 4.79 Å². The standard InChI is InChI=1S/C9H11N3O2/c10-8-1-3-11-9(12-8)7-5-6(13)2-4-14-7/h1,3,7H,2,4-5H2,(H2,10,11,12). The summed E-state index contributed by atoms with van der Waals surface area (Å²) in [4.78, 5) is 19.2. The first-order valence-electron chi connectivity index (χ1n) is 4.47. The number of hydrogen-bond acceptors (Lipinski definition) is 5. The minimum atomic E-state index is -0.320. The van der Waals surface area contributed by atoms with Crippen LogP contribution in [-0.4, -0.2) is 22.4 Å². The Morgan fingerprint density at radius 1 is 1.57 bits per heavy atom. The monoisotopic (exact) mass is 193 g/mol. The van der Waals surface area contributed by atoms with Gasteiger partial charge in [0.15, 0.2) is 5.82 Å². The van der Waals surface area contributed by atoms with Crippen molar-refractivity contribution >= 4 is 11.6 Å². The van der Waals surface area contributed by atoms with E-state index >= 15 is 0 Å². The van der Waals surface area contributed by atoms with Gasteiger partial charge in [-0.25, -0.2) is 9.97 Å². The molecule has 0 spiro atoms. The molecule has 0 aromatic carbocycles. The first-order valence-corrected chi connectivity index (χ1v) is 4.47. The second kappa shape index (κ2) is 3.71. The number of nitrogens with two attached hydrogens (primary N) is 1. The fourth-order valence-corrected chi connectivity index (χ4v) is 1.39. The number of hydrogen-bond donors (Lipinski definition) is 1. The van der Waals surface area contributed by atoms with E-state index < -0.39 is 0 Å². The smallest absolute Gasteiger partial charge is 0.159 e. The van der Waals surface area contributed by atoms with Gasteiger partial charge < -0.3 is 10.5 Å². The molecule has 0 saturated carbocycles. The van der Waals surface area contributed by atoms with E-state index in [1.807, 2.05) is 0 Å². The fourth-order valence-electron chi connectivity index (χ4n) is 1.39. The molecule has 1 atom stereocenters. The van der Waals surface area contributed by atoms with Gasteiger partial charge >= 0.3 is 0 Å². The number of nitrogen functional groups attached to an aromatic ring is 1. The van der Waals surface area contributed by atoms with Crippen LogP contribution in [0.2, 0.25) is 0 Å². The first kappa shape index (κ1) is 9.08. The Labute approximate surface area is 81.3 Å². The van der Waals surface area contributed by atoms with Crippen LogP contribution in [0.4, 0.5) is 5.82 Å². The molecule has 2 heterocycles. The van der Waals surface area contributed by atoms with Crippen molar-refractivity contribution in [2.75, 3.05) is 12.3 Å². The maximum atomic E-state index is 11.2. The highest BCUT2D eigenvalue weighted by atomic mass is 16.5. The average Bonchev–Trinajstić information content (AvgIpc) is 2.18. The summed E-state index contributed by atoms with van der Waals surface area (Å²) in [7, 11) is 0. The Balaban J connectivity index is 2.17. The molecule has 5 nitrogen and oxygen atoms in total. The first-order chi connectivity index (χ1) is 6.75. The molecule has 74 valence electrons. The van der Waals surface area contributed by atoms with Gasteiger partial charge in [0.05, 0.1) is 6.61 Å². The summed E-state index contributed by atoms with van der Waals surface area (Å²) in [5.74, 6) is 1.09. The van der Waals surface area contributed by atoms with E-state index in [1.165, 1.54) is 0 Å². The van der Waals surface area contributed by atoms with Crippen LogP contribution in [0.25, 0.3) is 0 Å². The highest BCUT2D eigenvalue weighted by Crippen LogP contribution is 2.23. The number of ether oxygens (including phenoxy) is 1. The number of rotatable bonds is 1. The normalized spacial score (nSPS) is 22.3. The van der Waals surface area contributed by atoms with Crippen molar-refractivity contribution in [1.82, 2.24) is 9.97 Å². The molecule has 5 heteroatoms. The Kier molecular flexibility index (Phi) is 2.41. The second-order valence-corrected chi connectivity index (χ2v) is 3.19. The number of carbonyl (C=O) groups is 1. The van der Waals surface area contributed by atoms with E-state index in [9.17, 15) is 4.79 Å². The van der Waals surface area contributed by atoms with Crippen LogP contribution in [0.15, 0.2) is 12.3 Å². The predicted molar refractivity (Wildman–Crippen MR) is 49.4 cm³/mol. The summed E-state index contributed by atoms with van der Waals surface area (Å²) in [5.41, 5.74) is 5.51. The van der Waals surface area contributed by atoms with E-state index in [1.54, 1.807) is 12.3 Å². The summed E-state index contributed by atoms with van der Waals surface area (Å²) >= 11 is 0. The van der Waals surface area contributed by atoms with Crippen molar-refractivity contribution in [3.8, 4) is 0 Å². The molecule has 14 heavy (non-hydrogen) atoms. The molecule has 1 aromatic rings. The molecule has 0 aliphatic carbocycles. The van der Waals surface area contributed by atoms with Gasteiger partial charge in [-0.05, 0) is 6.07 Å². The number of aromatic nitrogens is 2. The molecule has 2 N–H and O–H groups in total.